The van der Waals surface area contributed by atoms with Gasteiger partial charge in [-0.1, -0.05) is 45.4 Å². The SMILES string of the molecule is CCCCCCCCCNC1CCC(Cl)CC1. The first-order valence-electron chi connectivity index (χ1n) is 7.70. The lowest BCUT2D eigenvalue weighted by Crippen LogP contribution is -2.34. The lowest BCUT2D eigenvalue weighted by molar-refractivity contribution is 0.373. The van der Waals surface area contributed by atoms with Gasteiger partial charge in [0.05, 0.1) is 0 Å². The Bertz CT molecular complexity index is 164. The molecule has 1 aliphatic rings. The van der Waals surface area contributed by atoms with Gasteiger partial charge in [0, 0.05) is 11.4 Å². The summed E-state index contributed by atoms with van der Waals surface area (Å²) in [6, 6.07) is 0.755. The maximum atomic E-state index is 6.10. The highest BCUT2D eigenvalue weighted by atomic mass is 35.5. The fourth-order valence-corrected chi connectivity index (χ4v) is 2.90. The second kappa shape index (κ2) is 10.2. The maximum Gasteiger partial charge on any atom is 0.0337 e. The number of hydrogen-bond acceptors (Lipinski definition) is 1. The number of halogens is 1. The van der Waals surface area contributed by atoms with Gasteiger partial charge in [-0.3, -0.25) is 0 Å². The number of alkyl halides is 1. The summed E-state index contributed by atoms with van der Waals surface area (Å²) in [7, 11) is 0. The van der Waals surface area contributed by atoms with Crippen molar-refractivity contribution in [1.82, 2.24) is 5.32 Å². The molecule has 0 heterocycles. The highest BCUT2D eigenvalue weighted by Crippen LogP contribution is 2.22. The maximum absolute atomic E-state index is 6.10. The van der Waals surface area contributed by atoms with E-state index in [4.69, 9.17) is 11.6 Å². The Labute approximate surface area is 113 Å². The third-order valence-corrected chi connectivity index (χ3v) is 4.31. The summed E-state index contributed by atoms with van der Waals surface area (Å²) in [5.74, 6) is 0. The van der Waals surface area contributed by atoms with Crippen molar-refractivity contribution in [1.29, 1.82) is 0 Å². The summed E-state index contributed by atoms with van der Waals surface area (Å²) in [6.07, 6.45) is 14.8. The first-order chi connectivity index (χ1) is 8.33. The largest absolute Gasteiger partial charge is 0.314 e. The molecule has 0 radical (unpaired) electrons. The zero-order valence-corrected chi connectivity index (χ0v) is 12.3. The predicted molar refractivity (Wildman–Crippen MR) is 77.9 cm³/mol. The Hall–Kier alpha value is 0.250. The van der Waals surface area contributed by atoms with Crippen molar-refractivity contribution < 1.29 is 0 Å². The molecule has 0 bridgehead atoms. The molecular weight excluding hydrogens is 230 g/mol. The van der Waals surface area contributed by atoms with E-state index in [0.717, 1.165) is 6.04 Å². The zero-order chi connectivity index (χ0) is 12.3. The molecule has 17 heavy (non-hydrogen) atoms. The van der Waals surface area contributed by atoms with E-state index in [9.17, 15) is 0 Å². The standard InChI is InChI=1S/C15H30ClN/c1-2-3-4-5-6-7-8-13-17-15-11-9-14(16)10-12-15/h14-15,17H,2-13H2,1H3. The van der Waals surface area contributed by atoms with Crippen LogP contribution in [0.2, 0.25) is 0 Å². The van der Waals surface area contributed by atoms with E-state index >= 15 is 0 Å². The number of hydrogen-bond donors (Lipinski definition) is 1. The second-order valence-electron chi connectivity index (χ2n) is 5.52. The van der Waals surface area contributed by atoms with Crippen LogP contribution < -0.4 is 5.32 Å². The van der Waals surface area contributed by atoms with Gasteiger partial charge < -0.3 is 5.32 Å². The number of nitrogens with one attached hydrogen (secondary N) is 1. The summed E-state index contributed by atoms with van der Waals surface area (Å²) in [6.45, 7) is 3.49. The minimum Gasteiger partial charge on any atom is -0.314 e. The Kier molecular flexibility index (Phi) is 9.18. The normalized spacial score (nSPS) is 25.1. The summed E-state index contributed by atoms with van der Waals surface area (Å²) in [5, 5.41) is 4.14. The fourth-order valence-electron chi connectivity index (χ4n) is 2.65. The van der Waals surface area contributed by atoms with Gasteiger partial charge >= 0.3 is 0 Å². The van der Waals surface area contributed by atoms with Gasteiger partial charge in [0.15, 0.2) is 0 Å². The highest BCUT2D eigenvalue weighted by Gasteiger charge is 2.18. The fraction of sp³-hybridized carbons (Fsp3) is 1.00. The van der Waals surface area contributed by atoms with Gasteiger partial charge in [-0.2, -0.15) is 0 Å². The molecule has 0 aromatic rings. The van der Waals surface area contributed by atoms with Gasteiger partial charge in [0.25, 0.3) is 0 Å². The molecule has 0 aromatic heterocycles. The van der Waals surface area contributed by atoms with E-state index in [-0.39, 0.29) is 0 Å². The van der Waals surface area contributed by atoms with E-state index in [1.807, 2.05) is 0 Å². The molecule has 0 unspecified atom stereocenters. The van der Waals surface area contributed by atoms with Crippen molar-refractivity contribution in [3.63, 3.8) is 0 Å². The lowest BCUT2D eigenvalue weighted by atomic mass is 9.95. The van der Waals surface area contributed by atoms with E-state index in [2.05, 4.69) is 12.2 Å². The highest BCUT2D eigenvalue weighted by molar-refractivity contribution is 6.20. The predicted octanol–water partition coefficient (Wildman–Crippen LogP) is 4.88. The minimum absolute atomic E-state index is 0.451. The molecule has 0 atom stereocenters. The third kappa shape index (κ3) is 8.05. The van der Waals surface area contributed by atoms with Crippen molar-refractivity contribution in [2.75, 3.05) is 6.54 Å². The van der Waals surface area contributed by atoms with Crippen LogP contribution in [0.15, 0.2) is 0 Å². The minimum atomic E-state index is 0.451. The van der Waals surface area contributed by atoms with Crippen LogP contribution in [0.1, 0.15) is 77.6 Å². The van der Waals surface area contributed by atoms with Crippen LogP contribution >= 0.6 is 11.6 Å². The molecule has 1 nitrogen and oxygen atoms in total. The van der Waals surface area contributed by atoms with Crippen molar-refractivity contribution in [3.8, 4) is 0 Å². The molecule has 0 aromatic carbocycles. The average molecular weight is 260 g/mol. The number of unbranched alkanes of at least 4 members (excludes halogenated alkanes) is 6. The van der Waals surface area contributed by atoms with E-state index in [1.54, 1.807) is 0 Å². The van der Waals surface area contributed by atoms with Crippen LogP contribution in [0, 0.1) is 0 Å². The van der Waals surface area contributed by atoms with E-state index in [1.165, 1.54) is 77.2 Å². The van der Waals surface area contributed by atoms with Crippen LogP contribution in [0.3, 0.4) is 0 Å². The molecule has 1 saturated carbocycles. The Morgan fingerprint density at radius 3 is 2.12 bits per heavy atom. The van der Waals surface area contributed by atoms with Crippen molar-refractivity contribution >= 4 is 11.6 Å². The summed E-state index contributed by atoms with van der Waals surface area (Å²) in [4.78, 5) is 0. The van der Waals surface area contributed by atoms with E-state index < -0.39 is 0 Å². The Morgan fingerprint density at radius 2 is 1.47 bits per heavy atom. The van der Waals surface area contributed by atoms with E-state index in [0.29, 0.717) is 5.38 Å². The van der Waals surface area contributed by atoms with Crippen LogP contribution in [0.5, 0.6) is 0 Å². The average Bonchev–Trinajstić information content (AvgIpc) is 2.35. The van der Waals surface area contributed by atoms with Gasteiger partial charge in [0.2, 0.25) is 0 Å². The first-order valence-corrected chi connectivity index (χ1v) is 8.14. The molecule has 1 fully saturated rings. The quantitative estimate of drug-likeness (QED) is 0.460. The van der Waals surface area contributed by atoms with Crippen molar-refractivity contribution in [2.24, 2.45) is 0 Å². The smallest absolute Gasteiger partial charge is 0.0337 e. The molecule has 0 saturated heterocycles. The molecule has 1 aliphatic carbocycles. The molecule has 0 spiro atoms. The third-order valence-electron chi connectivity index (χ3n) is 3.87. The topological polar surface area (TPSA) is 12.0 Å². The molecule has 102 valence electrons. The Balaban J connectivity index is 1.81. The molecule has 0 aliphatic heterocycles. The Morgan fingerprint density at radius 1 is 0.882 bits per heavy atom. The molecule has 1 rings (SSSR count). The van der Waals surface area contributed by atoms with Gasteiger partial charge in [-0.05, 0) is 38.6 Å². The van der Waals surface area contributed by atoms with Crippen LogP contribution in [0.25, 0.3) is 0 Å². The summed E-state index contributed by atoms with van der Waals surface area (Å²) < 4.78 is 0. The second-order valence-corrected chi connectivity index (χ2v) is 6.14. The summed E-state index contributed by atoms with van der Waals surface area (Å²) in [5.41, 5.74) is 0. The van der Waals surface area contributed by atoms with Gasteiger partial charge in [0.1, 0.15) is 0 Å². The molecule has 0 amide bonds. The van der Waals surface area contributed by atoms with Gasteiger partial charge in [-0.25, -0.2) is 0 Å². The first kappa shape index (κ1) is 15.3. The zero-order valence-electron chi connectivity index (χ0n) is 11.5. The monoisotopic (exact) mass is 259 g/mol. The van der Waals surface area contributed by atoms with Gasteiger partial charge in [-0.15, -0.1) is 11.6 Å². The molecule has 2 heteroatoms. The number of rotatable bonds is 9. The van der Waals surface area contributed by atoms with Crippen molar-refractivity contribution in [3.05, 3.63) is 0 Å². The molecular formula is C15H30ClN. The summed E-state index contributed by atoms with van der Waals surface area (Å²) >= 11 is 6.10. The van der Waals surface area contributed by atoms with Crippen LogP contribution in [-0.2, 0) is 0 Å². The lowest BCUT2D eigenvalue weighted by Gasteiger charge is -2.25. The van der Waals surface area contributed by atoms with Crippen LogP contribution in [0.4, 0.5) is 0 Å². The van der Waals surface area contributed by atoms with Crippen LogP contribution in [-0.4, -0.2) is 18.0 Å². The molecule has 1 N–H and O–H groups in total. The van der Waals surface area contributed by atoms with Crippen molar-refractivity contribution in [2.45, 2.75) is 89.0 Å².